The van der Waals surface area contributed by atoms with Gasteiger partial charge in [-0.2, -0.15) is 5.10 Å². The molecule has 2 aromatic heterocycles. The van der Waals surface area contributed by atoms with Crippen molar-refractivity contribution >= 4 is 15.9 Å². The molecule has 0 aromatic carbocycles. The van der Waals surface area contributed by atoms with Crippen LogP contribution in [0.5, 0.6) is 0 Å². The first-order valence-corrected chi connectivity index (χ1v) is 7.04. The molecule has 0 atom stereocenters. The van der Waals surface area contributed by atoms with Gasteiger partial charge in [0.15, 0.2) is 5.76 Å². The van der Waals surface area contributed by atoms with Gasteiger partial charge in [-0.15, -0.1) is 0 Å². The van der Waals surface area contributed by atoms with Crippen molar-refractivity contribution in [2.24, 2.45) is 7.05 Å². The van der Waals surface area contributed by atoms with Crippen LogP contribution in [0, 0.1) is 0 Å². The van der Waals surface area contributed by atoms with Crippen LogP contribution in [0.4, 0.5) is 0 Å². The van der Waals surface area contributed by atoms with E-state index >= 15 is 0 Å². The van der Waals surface area contributed by atoms with E-state index in [4.69, 9.17) is 9.15 Å². The number of amides is 1. The second kappa shape index (κ2) is 5.47. The number of hydrogen-bond acceptors (Lipinski definition) is 6. The van der Waals surface area contributed by atoms with E-state index in [1.54, 1.807) is 7.05 Å². The zero-order chi connectivity index (χ0) is 14.8. The standard InChI is InChI=1S/C11H13N3O5S/c1-14-6-9(5-12-14)20(16,17)13-11(15)10-4-3-8(19-10)7-18-2/h3-6H,7H2,1-2H3,(H,13,15). The SMILES string of the molecule is COCc1ccc(C(=O)NS(=O)(=O)c2cnn(C)c2)o1. The molecule has 0 fully saturated rings. The summed E-state index contributed by atoms with van der Waals surface area (Å²) in [6.07, 6.45) is 2.43. The van der Waals surface area contributed by atoms with Gasteiger partial charge in [-0.3, -0.25) is 9.48 Å². The summed E-state index contributed by atoms with van der Waals surface area (Å²) in [6.45, 7) is 0.197. The van der Waals surface area contributed by atoms with Crippen molar-refractivity contribution in [1.29, 1.82) is 0 Å². The summed E-state index contributed by atoms with van der Waals surface area (Å²) in [5.41, 5.74) is 0. The van der Waals surface area contributed by atoms with Gasteiger partial charge >= 0.3 is 5.91 Å². The number of carbonyl (C=O) groups is 1. The molecule has 8 nitrogen and oxygen atoms in total. The molecule has 0 saturated carbocycles. The van der Waals surface area contributed by atoms with Crippen LogP contribution in [0.25, 0.3) is 0 Å². The molecule has 2 rings (SSSR count). The van der Waals surface area contributed by atoms with Crippen LogP contribution in [0.3, 0.4) is 0 Å². The second-order valence-corrected chi connectivity index (χ2v) is 5.67. The van der Waals surface area contributed by atoms with Gasteiger partial charge in [-0.25, -0.2) is 13.1 Å². The molecule has 0 aliphatic rings. The number of nitrogens with zero attached hydrogens (tertiary/aromatic N) is 2. The molecule has 2 aromatic rings. The number of methoxy groups -OCH3 is 1. The summed E-state index contributed by atoms with van der Waals surface area (Å²) < 4.78 is 37.0. The Morgan fingerprint density at radius 1 is 1.50 bits per heavy atom. The van der Waals surface area contributed by atoms with Crippen LogP contribution in [-0.4, -0.2) is 31.2 Å². The van der Waals surface area contributed by atoms with E-state index in [1.807, 2.05) is 4.72 Å². The minimum Gasteiger partial charge on any atom is -0.453 e. The van der Waals surface area contributed by atoms with Crippen LogP contribution in [0.15, 0.2) is 33.8 Å². The number of furan rings is 1. The van der Waals surface area contributed by atoms with Gasteiger partial charge in [0, 0.05) is 20.4 Å². The van der Waals surface area contributed by atoms with Crippen molar-refractivity contribution in [3.63, 3.8) is 0 Å². The van der Waals surface area contributed by atoms with Crippen molar-refractivity contribution in [2.75, 3.05) is 7.11 Å². The van der Waals surface area contributed by atoms with Crippen molar-refractivity contribution < 1.29 is 22.4 Å². The summed E-state index contributed by atoms with van der Waals surface area (Å²) in [4.78, 5) is 11.7. The topological polar surface area (TPSA) is 103 Å². The molecule has 0 saturated heterocycles. The number of rotatable bonds is 5. The normalized spacial score (nSPS) is 11.5. The minimum atomic E-state index is -3.96. The summed E-state index contributed by atoms with van der Waals surface area (Å²) in [5.74, 6) is -0.530. The van der Waals surface area contributed by atoms with E-state index in [-0.39, 0.29) is 17.3 Å². The molecule has 20 heavy (non-hydrogen) atoms. The molecule has 0 aliphatic carbocycles. The molecule has 0 unspecified atom stereocenters. The van der Waals surface area contributed by atoms with Gasteiger partial charge in [0.1, 0.15) is 17.3 Å². The Balaban J connectivity index is 2.14. The summed E-state index contributed by atoms with van der Waals surface area (Å²) >= 11 is 0. The Bertz CT molecular complexity index is 716. The summed E-state index contributed by atoms with van der Waals surface area (Å²) in [7, 11) is -0.909. The van der Waals surface area contributed by atoms with Crippen molar-refractivity contribution in [3.8, 4) is 0 Å². The van der Waals surface area contributed by atoms with Gasteiger partial charge in [0.2, 0.25) is 0 Å². The predicted octanol–water partition coefficient (Wildman–Crippen LogP) is 0.278. The molecule has 1 amide bonds. The Morgan fingerprint density at radius 3 is 2.85 bits per heavy atom. The highest BCUT2D eigenvalue weighted by Crippen LogP contribution is 2.11. The lowest BCUT2D eigenvalue weighted by Gasteiger charge is -2.02. The quantitative estimate of drug-likeness (QED) is 0.850. The number of nitrogens with one attached hydrogen (secondary N) is 1. The number of sulfonamides is 1. The summed E-state index contributed by atoms with van der Waals surface area (Å²) in [5, 5.41) is 3.74. The molecule has 0 bridgehead atoms. The zero-order valence-corrected chi connectivity index (χ0v) is 11.7. The smallest absolute Gasteiger partial charge is 0.300 e. The number of ether oxygens (including phenoxy) is 1. The van der Waals surface area contributed by atoms with Gasteiger partial charge in [0.05, 0.1) is 6.20 Å². The Labute approximate surface area is 115 Å². The van der Waals surface area contributed by atoms with E-state index in [1.165, 1.54) is 30.1 Å². The van der Waals surface area contributed by atoms with Crippen LogP contribution in [-0.2, 0) is 28.4 Å². The average molecular weight is 299 g/mol. The first-order chi connectivity index (χ1) is 9.42. The maximum Gasteiger partial charge on any atom is 0.300 e. The number of hydrogen-bond donors (Lipinski definition) is 1. The largest absolute Gasteiger partial charge is 0.453 e. The van der Waals surface area contributed by atoms with Crippen LogP contribution in [0.1, 0.15) is 16.3 Å². The van der Waals surface area contributed by atoms with E-state index < -0.39 is 15.9 Å². The Hall–Kier alpha value is -2.13. The van der Waals surface area contributed by atoms with E-state index in [0.29, 0.717) is 5.76 Å². The zero-order valence-electron chi connectivity index (χ0n) is 10.9. The van der Waals surface area contributed by atoms with Crippen LogP contribution in [0.2, 0.25) is 0 Å². The molecule has 1 N–H and O–H groups in total. The highest BCUT2D eigenvalue weighted by Gasteiger charge is 2.22. The molecule has 0 spiro atoms. The minimum absolute atomic E-state index is 0.1000. The van der Waals surface area contributed by atoms with Gasteiger partial charge in [-0.05, 0) is 12.1 Å². The highest BCUT2D eigenvalue weighted by molar-refractivity contribution is 7.90. The predicted molar refractivity (Wildman–Crippen MR) is 67.3 cm³/mol. The lowest BCUT2D eigenvalue weighted by atomic mass is 10.4. The maximum atomic E-state index is 11.9. The van der Waals surface area contributed by atoms with Crippen molar-refractivity contribution in [3.05, 3.63) is 36.0 Å². The summed E-state index contributed by atoms with van der Waals surface area (Å²) in [6, 6.07) is 2.91. The van der Waals surface area contributed by atoms with Crippen LogP contribution < -0.4 is 4.72 Å². The Kier molecular flexibility index (Phi) is 3.91. The van der Waals surface area contributed by atoms with Crippen molar-refractivity contribution in [2.45, 2.75) is 11.5 Å². The van der Waals surface area contributed by atoms with Gasteiger partial charge < -0.3 is 9.15 Å². The highest BCUT2D eigenvalue weighted by atomic mass is 32.2. The number of carbonyl (C=O) groups excluding carboxylic acids is 1. The third-order valence-corrected chi connectivity index (χ3v) is 3.68. The fourth-order valence-electron chi connectivity index (χ4n) is 1.49. The molecule has 0 radical (unpaired) electrons. The lowest BCUT2D eigenvalue weighted by molar-refractivity contribution is 0.0945. The molecular weight excluding hydrogens is 286 g/mol. The second-order valence-electron chi connectivity index (χ2n) is 3.98. The first-order valence-electron chi connectivity index (χ1n) is 5.56. The number of aromatic nitrogens is 2. The van der Waals surface area contributed by atoms with Crippen LogP contribution >= 0.6 is 0 Å². The van der Waals surface area contributed by atoms with E-state index in [2.05, 4.69) is 5.10 Å². The fraction of sp³-hybridized carbons (Fsp3) is 0.273. The molecule has 108 valence electrons. The molecule has 2 heterocycles. The van der Waals surface area contributed by atoms with Crippen molar-refractivity contribution in [1.82, 2.24) is 14.5 Å². The molecular formula is C11H13N3O5S. The number of aryl methyl sites for hydroxylation is 1. The third kappa shape index (κ3) is 3.06. The first kappa shape index (κ1) is 14.3. The Morgan fingerprint density at radius 2 is 2.25 bits per heavy atom. The third-order valence-electron chi connectivity index (χ3n) is 2.39. The molecule has 0 aliphatic heterocycles. The maximum absolute atomic E-state index is 11.9. The monoisotopic (exact) mass is 299 g/mol. The van der Waals surface area contributed by atoms with E-state index in [9.17, 15) is 13.2 Å². The molecule has 9 heteroatoms. The van der Waals surface area contributed by atoms with Gasteiger partial charge in [-0.1, -0.05) is 0 Å². The van der Waals surface area contributed by atoms with E-state index in [0.717, 1.165) is 6.20 Å². The average Bonchev–Trinajstić information content (AvgIpc) is 2.98. The van der Waals surface area contributed by atoms with Gasteiger partial charge in [0.25, 0.3) is 10.0 Å². The fourth-order valence-corrected chi connectivity index (χ4v) is 2.43. The lowest BCUT2D eigenvalue weighted by Crippen LogP contribution is -2.30.